The maximum absolute atomic E-state index is 10.3. The summed E-state index contributed by atoms with van der Waals surface area (Å²) >= 11 is 4.74. The van der Waals surface area contributed by atoms with Gasteiger partial charge in [-0.3, -0.25) is 0 Å². The molecule has 0 saturated heterocycles. The molecule has 0 heterocycles. The van der Waals surface area contributed by atoms with Crippen LogP contribution in [0.2, 0.25) is 0 Å². The van der Waals surface area contributed by atoms with Crippen LogP contribution in [0.15, 0.2) is 34.4 Å². The molecule has 3 atom stereocenters. The molecule has 41 heavy (non-hydrogen) atoms. The molecule has 0 spiro atoms. The molecule has 2 aliphatic carbocycles. The Kier molecular flexibility index (Phi) is 28.3. The quantitative estimate of drug-likeness (QED) is 0.107. The van der Waals surface area contributed by atoms with Crippen molar-refractivity contribution in [3.05, 3.63) is 34.4 Å². The predicted molar refractivity (Wildman–Crippen MR) is 189 cm³/mol. The predicted octanol–water partition coefficient (Wildman–Crippen LogP) is 10.2. The van der Waals surface area contributed by atoms with Gasteiger partial charge in [0, 0.05) is 41.3 Å². The van der Waals surface area contributed by atoms with E-state index in [1.165, 1.54) is 41.6 Å². The number of allylic oxidation sites excluding steroid dienone is 5. The van der Waals surface area contributed by atoms with Gasteiger partial charge in [-0.05, 0) is 93.6 Å². The molecule has 1 N–H and O–H groups in total. The molecule has 2 rings (SSSR count). The summed E-state index contributed by atoms with van der Waals surface area (Å²) in [5.41, 5.74) is 5.49. The summed E-state index contributed by atoms with van der Waals surface area (Å²) in [6.07, 6.45) is 13.7. The first-order valence-electron chi connectivity index (χ1n) is 14.7. The van der Waals surface area contributed by atoms with Crippen LogP contribution in [-0.2, 0) is 28.4 Å². The van der Waals surface area contributed by atoms with Gasteiger partial charge in [0.25, 0.3) is 0 Å². The standard InChI is InChI=1S/C16H30O3.C16H28O2.CH4.2HI.V/c1-11(2)8-13-9-12(3)14(15(17)10-13)6-7-16(18-4)19-5;1-12(2)10-14-6-7-15(13(3)11-14)8-9-16(17-4)18-5;;;;/h11,13,15-17H,6-10H2,1-5H3;7,11-12,14,16H,6,8-10H2,1-5H3;1H4;2*1H;/q;;;;;+2/p-2. The fraction of sp³-hybridized carbons (Fsp3) is 0.818. The Morgan fingerprint density at radius 3 is 1.78 bits per heavy atom. The minimum atomic E-state index is -0.271. The van der Waals surface area contributed by atoms with E-state index in [4.69, 9.17) is 18.9 Å². The van der Waals surface area contributed by atoms with Crippen molar-refractivity contribution in [1.29, 1.82) is 0 Å². The number of ether oxygens (including phenoxy) is 4. The second-order valence-electron chi connectivity index (χ2n) is 11.9. The molecule has 0 bridgehead atoms. The summed E-state index contributed by atoms with van der Waals surface area (Å²) in [4.78, 5) is 0. The number of aliphatic hydroxyl groups is 1. The fourth-order valence-electron chi connectivity index (χ4n) is 5.88. The van der Waals surface area contributed by atoms with Crippen LogP contribution < -0.4 is 0 Å². The van der Waals surface area contributed by atoms with Crippen molar-refractivity contribution in [2.75, 3.05) is 28.4 Å². The van der Waals surface area contributed by atoms with Gasteiger partial charge >= 0.3 is 49.4 Å². The van der Waals surface area contributed by atoms with Gasteiger partial charge in [-0.25, -0.2) is 0 Å². The maximum atomic E-state index is 10.3. The SMILES string of the molecule is C.COC(CCC1=C(C)CC(CC(C)C)CC1O)OC.COC(CCC1=CCC(CC(C)C)C=C1C)OC.[I][V][I]. The molecule has 0 aromatic carbocycles. The number of hydrogen-bond acceptors (Lipinski definition) is 5. The van der Waals surface area contributed by atoms with Crippen molar-refractivity contribution in [3.63, 3.8) is 0 Å². The van der Waals surface area contributed by atoms with E-state index in [1.807, 2.05) is 0 Å². The Bertz CT molecular complexity index is 746. The fourth-order valence-corrected chi connectivity index (χ4v) is 5.88. The molecule has 0 aromatic heterocycles. The van der Waals surface area contributed by atoms with Crippen LogP contribution in [0.1, 0.15) is 107 Å². The van der Waals surface area contributed by atoms with Gasteiger partial charge in [-0.15, -0.1) is 0 Å². The molecule has 3 unspecified atom stereocenters. The molecule has 0 aliphatic heterocycles. The molecule has 243 valence electrons. The first kappa shape index (κ1) is 44.2. The van der Waals surface area contributed by atoms with Crippen molar-refractivity contribution >= 4 is 40.0 Å². The van der Waals surface area contributed by atoms with Gasteiger partial charge in [0.1, 0.15) is 0 Å². The number of aliphatic hydroxyl groups excluding tert-OH is 1. The third-order valence-electron chi connectivity index (χ3n) is 7.69. The number of hydrogen-bond donors (Lipinski definition) is 1. The van der Waals surface area contributed by atoms with E-state index >= 15 is 0 Å². The molecule has 0 saturated carbocycles. The van der Waals surface area contributed by atoms with Crippen LogP contribution in [0.25, 0.3) is 0 Å². The third kappa shape index (κ3) is 19.9. The Balaban J connectivity index is 0. The van der Waals surface area contributed by atoms with Crippen molar-refractivity contribution < 1.29 is 33.5 Å². The molecule has 2 aliphatic rings. The van der Waals surface area contributed by atoms with E-state index in [0.29, 0.717) is 21.3 Å². The zero-order valence-corrected chi connectivity index (χ0v) is 32.6. The average Bonchev–Trinajstić information content (AvgIpc) is 2.87. The van der Waals surface area contributed by atoms with Crippen LogP contribution in [0, 0.1) is 23.7 Å². The van der Waals surface area contributed by atoms with Crippen molar-refractivity contribution in [2.24, 2.45) is 23.7 Å². The molecule has 0 aromatic rings. The molecule has 5 nitrogen and oxygen atoms in total. The minimum absolute atomic E-state index is 0. The van der Waals surface area contributed by atoms with E-state index in [2.05, 4.69) is 93.7 Å². The Hall–Kier alpha value is 1.06. The molecule has 0 fully saturated rings. The second-order valence-corrected chi connectivity index (χ2v) is 23.7. The normalized spacial score (nSPS) is 20.7. The van der Waals surface area contributed by atoms with Gasteiger partial charge in [0.2, 0.25) is 0 Å². The van der Waals surface area contributed by atoms with Gasteiger partial charge in [0.05, 0.1) is 6.10 Å². The van der Waals surface area contributed by atoms with Crippen molar-refractivity contribution in [2.45, 2.75) is 125 Å². The second kappa shape index (κ2) is 26.3. The van der Waals surface area contributed by atoms with E-state index in [0.717, 1.165) is 50.4 Å². The summed E-state index contributed by atoms with van der Waals surface area (Å²) in [6.45, 7) is 13.5. The number of halogens is 2. The van der Waals surface area contributed by atoms with Gasteiger partial charge < -0.3 is 24.1 Å². The zero-order chi connectivity index (χ0) is 30.7. The van der Waals surface area contributed by atoms with E-state index in [-0.39, 0.29) is 26.1 Å². The third-order valence-corrected chi connectivity index (χ3v) is 7.69. The Labute approximate surface area is 283 Å². The van der Waals surface area contributed by atoms with Crippen LogP contribution in [0.3, 0.4) is 0 Å². The first-order chi connectivity index (χ1) is 18.9. The van der Waals surface area contributed by atoms with Crippen LogP contribution >= 0.6 is 40.0 Å². The van der Waals surface area contributed by atoms with Crippen LogP contribution in [-0.4, -0.2) is 52.2 Å². The van der Waals surface area contributed by atoms with E-state index in [9.17, 15) is 5.11 Å². The summed E-state index contributed by atoms with van der Waals surface area (Å²) < 4.78 is 20.9. The monoisotopic (exact) mass is 843 g/mol. The Morgan fingerprint density at radius 2 is 1.37 bits per heavy atom. The average molecular weight is 844 g/mol. The molecule has 0 amide bonds. The van der Waals surface area contributed by atoms with Gasteiger partial charge in [-0.1, -0.05) is 58.4 Å². The van der Waals surface area contributed by atoms with Crippen LogP contribution in [0.4, 0.5) is 0 Å². The van der Waals surface area contributed by atoms with Gasteiger partial charge in [-0.2, -0.15) is 0 Å². The number of methoxy groups -OCH3 is 4. The number of rotatable bonds is 14. The molecule has 8 heteroatoms. The summed E-state index contributed by atoms with van der Waals surface area (Å²) in [5.74, 6) is 2.85. The first-order valence-corrected chi connectivity index (χ1v) is 23.7. The van der Waals surface area contributed by atoms with E-state index in [1.54, 1.807) is 28.4 Å². The summed E-state index contributed by atoms with van der Waals surface area (Å²) in [7, 11) is 7.34. The molecular weight excluding hydrogens is 781 g/mol. The Morgan fingerprint density at radius 1 is 0.878 bits per heavy atom. The summed E-state index contributed by atoms with van der Waals surface area (Å²) in [5, 5.41) is 10.3. The topological polar surface area (TPSA) is 57.2 Å². The van der Waals surface area contributed by atoms with E-state index < -0.39 is 0 Å². The van der Waals surface area contributed by atoms with Crippen LogP contribution in [0.5, 0.6) is 0 Å². The van der Waals surface area contributed by atoms with Crippen molar-refractivity contribution in [1.82, 2.24) is 0 Å². The molecular formula is C33H62I2O5V. The van der Waals surface area contributed by atoms with Crippen molar-refractivity contribution in [3.8, 4) is 0 Å². The van der Waals surface area contributed by atoms with Gasteiger partial charge in [0.15, 0.2) is 12.6 Å². The molecule has 0 radical (unpaired) electrons. The zero-order valence-electron chi connectivity index (χ0n) is 26.8. The summed E-state index contributed by atoms with van der Waals surface area (Å²) in [6, 6.07) is 0.